The van der Waals surface area contributed by atoms with Gasteiger partial charge in [-0.05, 0) is 12.3 Å². The van der Waals surface area contributed by atoms with Gasteiger partial charge in [-0.1, -0.05) is 32.1 Å². The van der Waals surface area contributed by atoms with Crippen molar-refractivity contribution in [3.63, 3.8) is 0 Å². The molecule has 4 nitrogen and oxygen atoms in total. The molecule has 2 N–H and O–H groups in total. The summed E-state index contributed by atoms with van der Waals surface area (Å²) >= 11 is 0. The molecule has 1 aliphatic carbocycles. The SMILES string of the molecule is COC(CN)CC(=O)N(C)CCC1CCCCC1. The molecule has 0 aromatic rings. The lowest BCUT2D eigenvalue weighted by Gasteiger charge is -2.25. The van der Waals surface area contributed by atoms with Crippen LogP contribution in [0, 0.1) is 5.92 Å². The van der Waals surface area contributed by atoms with Crippen LogP contribution in [0.1, 0.15) is 44.9 Å². The van der Waals surface area contributed by atoms with Crippen molar-refractivity contribution in [2.24, 2.45) is 11.7 Å². The van der Waals surface area contributed by atoms with E-state index in [1.807, 2.05) is 11.9 Å². The highest BCUT2D eigenvalue weighted by Crippen LogP contribution is 2.26. The Labute approximate surface area is 111 Å². The van der Waals surface area contributed by atoms with Gasteiger partial charge in [-0.3, -0.25) is 4.79 Å². The van der Waals surface area contributed by atoms with E-state index in [0.717, 1.165) is 18.9 Å². The second-order valence-corrected chi connectivity index (χ2v) is 5.41. The quantitative estimate of drug-likeness (QED) is 0.755. The van der Waals surface area contributed by atoms with Gasteiger partial charge in [0.1, 0.15) is 0 Å². The highest BCUT2D eigenvalue weighted by molar-refractivity contribution is 5.76. The van der Waals surface area contributed by atoms with Crippen molar-refractivity contribution in [1.29, 1.82) is 0 Å². The molecule has 0 radical (unpaired) electrons. The number of nitrogens with two attached hydrogens (primary N) is 1. The summed E-state index contributed by atoms with van der Waals surface area (Å²) in [7, 11) is 3.49. The highest BCUT2D eigenvalue weighted by atomic mass is 16.5. The van der Waals surface area contributed by atoms with Crippen LogP contribution in [0.3, 0.4) is 0 Å². The molecule has 106 valence electrons. The fourth-order valence-corrected chi connectivity index (χ4v) is 2.59. The van der Waals surface area contributed by atoms with E-state index in [2.05, 4.69) is 0 Å². The monoisotopic (exact) mass is 256 g/mol. The van der Waals surface area contributed by atoms with E-state index < -0.39 is 0 Å². The van der Waals surface area contributed by atoms with E-state index in [1.165, 1.54) is 32.1 Å². The Balaban J connectivity index is 2.22. The third kappa shape index (κ3) is 5.36. The molecular formula is C14H28N2O2. The van der Waals surface area contributed by atoms with Crippen molar-refractivity contribution >= 4 is 5.91 Å². The lowest BCUT2D eigenvalue weighted by atomic mass is 9.87. The zero-order valence-corrected chi connectivity index (χ0v) is 11.9. The number of hydrogen-bond acceptors (Lipinski definition) is 3. The van der Waals surface area contributed by atoms with Crippen LogP contribution >= 0.6 is 0 Å². The van der Waals surface area contributed by atoms with Crippen molar-refractivity contribution in [3.05, 3.63) is 0 Å². The maximum Gasteiger partial charge on any atom is 0.224 e. The Morgan fingerprint density at radius 1 is 1.39 bits per heavy atom. The Morgan fingerprint density at radius 2 is 2.06 bits per heavy atom. The predicted octanol–water partition coefficient (Wildman–Crippen LogP) is 1.78. The van der Waals surface area contributed by atoms with Crippen molar-refractivity contribution in [2.75, 3.05) is 27.2 Å². The van der Waals surface area contributed by atoms with E-state index in [1.54, 1.807) is 7.11 Å². The summed E-state index contributed by atoms with van der Waals surface area (Å²) < 4.78 is 5.14. The van der Waals surface area contributed by atoms with Gasteiger partial charge in [0.2, 0.25) is 5.91 Å². The van der Waals surface area contributed by atoms with Crippen LogP contribution in [0.5, 0.6) is 0 Å². The van der Waals surface area contributed by atoms with Crippen LogP contribution < -0.4 is 5.73 Å². The number of hydrogen-bond donors (Lipinski definition) is 1. The Hall–Kier alpha value is -0.610. The molecule has 0 aromatic carbocycles. The standard InChI is InChI=1S/C14H28N2O2/c1-16(14(17)10-13(11-15)18-2)9-8-12-6-4-3-5-7-12/h12-13H,3-11,15H2,1-2H3. The third-order valence-electron chi connectivity index (χ3n) is 4.02. The van der Waals surface area contributed by atoms with Crippen LogP contribution in [-0.2, 0) is 9.53 Å². The molecule has 1 amide bonds. The summed E-state index contributed by atoms with van der Waals surface area (Å²) in [6.45, 7) is 1.27. The minimum atomic E-state index is -0.144. The molecule has 0 spiro atoms. The van der Waals surface area contributed by atoms with Gasteiger partial charge in [0, 0.05) is 27.2 Å². The third-order valence-corrected chi connectivity index (χ3v) is 4.02. The van der Waals surface area contributed by atoms with Crippen LogP contribution in [0.2, 0.25) is 0 Å². The van der Waals surface area contributed by atoms with Crippen molar-refractivity contribution in [2.45, 2.75) is 51.0 Å². The topological polar surface area (TPSA) is 55.6 Å². The fourth-order valence-electron chi connectivity index (χ4n) is 2.59. The molecule has 1 fully saturated rings. The van der Waals surface area contributed by atoms with Gasteiger partial charge < -0.3 is 15.4 Å². The van der Waals surface area contributed by atoms with Gasteiger partial charge in [0.05, 0.1) is 12.5 Å². The summed E-state index contributed by atoms with van der Waals surface area (Å²) in [6, 6.07) is 0. The molecule has 0 heterocycles. The summed E-state index contributed by atoms with van der Waals surface area (Å²) in [5.74, 6) is 0.963. The van der Waals surface area contributed by atoms with E-state index in [9.17, 15) is 4.79 Å². The van der Waals surface area contributed by atoms with Crippen LogP contribution in [0.15, 0.2) is 0 Å². The molecule has 1 atom stereocenters. The number of methoxy groups -OCH3 is 1. The first kappa shape index (κ1) is 15.4. The highest BCUT2D eigenvalue weighted by Gasteiger charge is 2.18. The van der Waals surface area contributed by atoms with E-state index in [4.69, 9.17) is 10.5 Å². The second kappa shape index (κ2) is 8.48. The Morgan fingerprint density at radius 3 is 2.61 bits per heavy atom. The van der Waals surface area contributed by atoms with Gasteiger partial charge in [-0.25, -0.2) is 0 Å². The first-order valence-corrected chi connectivity index (χ1v) is 7.14. The second-order valence-electron chi connectivity index (χ2n) is 5.41. The van der Waals surface area contributed by atoms with Gasteiger partial charge in [0.15, 0.2) is 0 Å². The maximum absolute atomic E-state index is 11.9. The molecular weight excluding hydrogens is 228 g/mol. The minimum absolute atomic E-state index is 0.142. The molecule has 0 aliphatic heterocycles. The number of amides is 1. The first-order valence-electron chi connectivity index (χ1n) is 7.14. The molecule has 18 heavy (non-hydrogen) atoms. The summed E-state index contributed by atoms with van der Waals surface area (Å²) in [6.07, 6.45) is 8.18. The number of nitrogens with zero attached hydrogens (tertiary/aromatic N) is 1. The summed E-state index contributed by atoms with van der Waals surface area (Å²) in [4.78, 5) is 13.8. The first-order chi connectivity index (χ1) is 8.67. The van der Waals surface area contributed by atoms with Gasteiger partial charge in [-0.2, -0.15) is 0 Å². The van der Waals surface area contributed by atoms with Gasteiger partial charge in [0.25, 0.3) is 0 Å². The normalized spacial score (nSPS) is 18.6. The van der Waals surface area contributed by atoms with Gasteiger partial charge >= 0.3 is 0 Å². The predicted molar refractivity (Wildman–Crippen MR) is 73.3 cm³/mol. The Kier molecular flexibility index (Phi) is 7.28. The maximum atomic E-state index is 11.9. The van der Waals surface area contributed by atoms with E-state index in [-0.39, 0.29) is 12.0 Å². The number of ether oxygens (including phenoxy) is 1. The molecule has 1 rings (SSSR count). The number of rotatable bonds is 7. The van der Waals surface area contributed by atoms with Gasteiger partial charge in [-0.15, -0.1) is 0 Å². The number of carbonyl (C=O) groups is 1. The van der Waals surface area contributed by atoms with Crippen molar-refractivity contribution in [1.82, 2.24) is 4.90 Å². The summed E-state index contributed by atoms with van der Waals surface area (Å²) in [5.41, 5.74) is 5.53. The molecule has 1 unspecified atom stereocenters. The largest absolute Gasteiger partial charge is 0.380 e. The zero-order chi connectivity index (χ0) is 13.4. The zero-order valence-electron chi connectivity index (χ0n) is 11.9. The molecule has 4 heteroatoms. The molecule has 1 saturated carbocycles. The average Bonchev–Trinajstić information content (AvgIpc) is 2.42. The molecule has 0 aromatic heterocycles. The average molecular weight is 256 g/mol. The lowest BCUT2D eigenvalue weighted by Crippen LogP contribution is -2.34. The molecule has 0 saturated heterocycles. The lowest BCUT2D eigenvalue weighted by molar-refractivity contribution is -0.132. The van der Waals surface area contributed by atoms with E-state index >= 15 is 0 Å². The number of carbonyl (C=O) groups excluding carboxylic acids is 1. The Bertz CT molecular complexity index is 236. The minimum Gasteiger partial charge on any atom is -0.380 e. The van der Waals surface area contributed by atoms with Crippen LogP contribution in [0.25, 0.3) is 0 Å². The van der Waals surface area contributed by atoms with Crippen LogP contribution in [0.4, 0.5) is 0 Å². The van der Waals surface area contributed by atoms with Crippen LogP contribution in [-0.4, -0.2) is 44.2 Å². The summed E-state index contributed by atoms with van der Waals surface area (Å²) in [5, 5.41) is 0. The molecule has 1 aliphatic rings. The van der Waals surface area contributed by atoms with Crippen molar-refractivity contribution < 1.29 is 9.53 Å². The van der Waals surface area contributed by atoms with Crippen molar-refractivity contribution in [3.8, 4) is 0 Å². The smallest absolute Gasteiger partial charge is 0.224 e. The fraction of sp³-hybridized carbons (Fsp3) is 0.929. The van der Waals surface area contributed by atoms with E-state index in [0.29, 0.717) is 13.0 Å². The molecule has 0 bridgehead atoms.